The summed E-state index contributed by atoms with van der Waals surface area (Å²) >= 11 is 0. The second-order valence-corrected chi connectivity index (χ2v) is 6.78. The van der Waals surface area contributed by atoms with E-state index in [2.05, 4.69) is 17.0 Å². The third-order valence-electron chi connectivity index (χ3n) is 4.91. The van der Waals surface area contributed by atoms with E-state index in [9.17, 15) is 14.0 Å². The molecule has 1 atom stereocenters. The monoisotopic (exact) mass is 369 g/mol. The summed E-state index contributed by atoms with van der Waals surface area (Å²) in [5, 5.41) is 0. The summed E-state index contributed by atoms with van der Waals surface area (Å²) in [7, 11) is 0. The van der Waals surface area contributed by atoms with Crippen molar-refractivity contribution in [2.75, 3.05) is 24.5 Å². The quantitative estimate of drug-likeness (QED) is 0.816. The Balaban J connectivity index is 1.75. The van der Waals surface area contributed by atoms with Gasteiger partial charge in [0.05, 0.1) is 6.54 Å². The lowest BCUT2D eigenvalue weighted by Gasteiger charge is -2.28. The van der Waals surface area contributed by atoms with E-state index in [4.69, 9.17) is 5.73 Å². The summed E-state index contributed by atoms with van der Waals surface area (Å²) in [4.78, 5) is 27.9. The Labute approximate surface area is 158 Å². The lowest BCUT2D eigenvalue weighted by Crippen LogP contribution is -2.41. The molecular weight excluding hydrogens is 345 g/mol. The molecule has 1 unspecified atom stereocenters. The molecule has 2 N–H and O–H groups in total. The highest BCUT2D eigenvalue weighted by Gasteiger charge is 2.29. The molecule has 1 fully saturated rings. The van der Waals surface area contributed by atoms with Gasteiger partial charge in [-0.15, -0.1) is 0 Å². The van der Waals surface area contributed by atoms with E-state index in [0.29, 0.717) is 5.69 Å². The number of anilines is 1. The fourth-order valence-electron chi connectivity index (χ4n) is 3.57. The van der Waals surface area contributed by atoms with E-state index < -0.39 is 5.91 Å². The van der Waals surface area contributed by atoms with Crippen molar-refractivity contribution in [1.29, 1.82) is 0 Å². The van der Waals surface area contributed by atoms with Crippen molar-refractivity contribution >= 4 is 17.5 Å². The minimum absolute atomic E-state index is 0.0607. The number of hydrogen-bond donors (Lipinski definition) is 1. The van der Waals surface area contributed by atoms with Crippen molar-refractivity contribution in [3.63, 3.8) is 0 Å². The Bertz CT molecular complexity index is 780. The minimum Gasteiger partial charge on any atom is -0.370 e. The standard InChI is InChI=1S/C21H24FN3O2/c22-17-8-10-18(11-9-17)25(14-12-20(23)26)21(27)15-24-13-4-7-19(24)16-5-2-1-3-6-16/h1-3,5-6,8-11,19H,4,7,12-15H2,(H2,23,26). The van der Waals surface area contributed by atoms with Crippen LogP contribution in [0.3, 0.4) is 0 Å². The van der Waals surface area contributed by atoms with Crippen LogP contribution in [0.25, 0.3) is 0 Å². The van der Waals surface area contributed by atoms with E-state index in [-0.39, 0.29) is 37.3 Å². The number of carbonyl (C=O) groups excluding carboxylic acids is 2. The smallest absolute Gasteiger partial charge is 0.241 e. The van der Waals surface area contributed by atoms with Crippen molar-refractivity contribution in [3.05, 3.63) is 66.0 Å². The molecule has 1 aliphatic heterocycles. The molecule has 0 saturated carbocycles. The first-order chi connectivity index (χ1) is 13.0. The van der Waals surface area contributed by atoms with Crippen molar-refractivity contribution in [2.45, 2.75) is 25.3 Å². The molecule has 1 aliphatic rings. The van der Waals surface area contributed by atoms with Crippen LogP contribution in [0.2, 0.25) is 0 Å². The SMILES string of the molecule is NC(=O)CCN(C(=O)CN1CCCC1c1ccccc1)c1ccc(F)cc1. The summed E-state index contributed by atoms with van der Waals surface area (Å²) in [6.45, 7) is 1.28. The second-order valence-electron chi connectivity index (χ2n) is 6.78. The third kappa shape index (κ3) is 4.92. The van der Waals surface area contributed by atoms with Crippen LogP contribution in [0.5, 0.6) is 0 Å². The van der Waals surface area contributed by atoms with Gasteiger partial charge in [0.25, 0.3) is 0 Å². The van der Waals surface area contributed by atoms with Crippen molar-refractivity contribution in [3.8, 4) is 0 Å². The Morgan fingerprint density at radius 1 is 1.11 bits per heavy atom. The predicted molar refractivity (Wildman–Crippen MR) is 103 cm³/mol. The lowest BCUT2D eigenvalue weighted by atomic mass is 10.0. The number of halogens is 1. The van der Waals surface area contributed by atoms with Gasteiger partial charge in [-0.3, -0.25) is 14.5 Å². The molecule has 2 amide bonds. The zero-order valence-electron chi connectivity index (χ0n) is 15.2. The van der Waals surface area contributed by atoms with Gasteiger partial charge in [0.1, 0.15) is 5.82 Å². The van der Waals surface area contributed by atoms with Gasteiger partial charge in [-0.25, -0.2) is 4.39 Å². The van der Waals surface area contributed by atoms with Gasteiger partial charge in [-0.05, 0) is 49.2 Å². The Morgan fingerprint density at radius 2 is 1.81 bits per heavy atom. The van der Waals surface area contributed by atoms with Crippen LogP contribution in [0.4, 0.5) is 10.1 Å². The first kappa shape index (κ1) is 19.0. The van der Waals surface area contributed by atoms with Gasteiger partial charge in [0.15, 0.2) is 0 Å². The molecule has 0 radical (unpaired) electrons. The number of hydrogen-bond acceptors (Lipinski definition) is 3. The fourth-order valence-corrected chi connectivity index (χ4v) is 3.57. The molecule has 0 spiro atoms. The number of benzene rings is 2. The van der Waals surface area contributed by atoms with E-state index in [1.54, 1.807) is 12.1 Å². The molecule has 1 saturated heterocycles. The summed E-state index contributed by atoms with van der Waals surface area (Å²) in [5.74, 6) is -0.964. The molecule has 142 valence electrons. The summed E-state index contributed by atoms with van der Waals surface area (Å²) in [5.41, 5.74) is 7.03. The molecule has 3 rings (SSSR count). The van der Waals surface area contributed by atoms with E-state index in [1.807, 2.05) is 18.2 Å². The van der Waals surface area contributed by atoms with Gasteiger partial charge in [0.2, 0.25) is 11.8 Å². The highest BCUT2D eigenvalue weighted by molar-refractivity contribution is 5.95. The Morgan fingerprint density at radius 3 is 2.48 bits per heavy atom. The minimum atomic E-state index is -0.474. The van der Waals surface area contributed by atoms with Gasteiger partial charge in [0, 0.05) is 24.7 Å². The molecule has 0 aliphatic carbocycles. The van der Waals surface area contributed by atoms with Crippen LogP contribution in [-0.4, -0.2) is 36.3 Å². The summed E-state index contributed by atoms with van der Waals surface area (Å²) in [6.07, 6.45) is 2.10. The van der Waals surface area contributed by atoms with Gasteiger partial charge in [-0.2, -0.15) is 0 Å². The number of rotatable bonds is 7. The number of carbonyl (C=O) groups is 2. The predicted octanol–water partition coefficient (Wildman–Crippen LogP) is 2.87. The highest BCUT2D eigenvalue weighted by Crippen LogP contribution is 2.31. The number of amides is 2. The van der Waals surface area contributed by atoms with Crippen LogP contribution in [-0.2, 0) is 9.59 Å². The molecule has 2 aromatic rings. The van der Waals surface area contributed by atoms with Crippen LogP contribution in [0.1, 0.15) is 30.9 Å². The van der Waals surface area contributed by atoms with Crippen molar-refractivity contribution < 1.29 is 14.0 Å². The van der Waals surface area contributed by atoms with Crippen LogP contribution < -0.4 is 10.6 Å². The lowest BCUT2D eigenvalue weighted by molar-refractivity contribution is -0.120. The Hall–Kier alpha value is -2.73. The maximum atomic E-state index is 13.2. The molecule has 1 heterocycles. The fraction of sp³-hybridized carbons (Fsp3) is 0.333. The van der Waals surface area contributed by atoms with E-state index in [1.165, 1.54) is 22.6 Å². The number of likely N-dealkylation sites (tertiary alicyclic amines) is 1. The highest BCUT2D eigenvalue weighted by atomic mass is 19.1. The van der Waals surface area contributed by atoms with E-state index in [0.717, 1.165) is 19.4 Å². The second kappa shape index (κ2) is 8.77. The number of primary amides is 1. The molecule has 0 bridgehead atoms. The average molecular weight is 369 g/mol. The molecule has 27 heavy (non-hydrogen) atoms. The van der Waals surface area contributed by atoms with Gasteiger partial charge >= 0.3 is 0 Å². The van der Waals surface area contributed by atoms with E-state index >= 15 is 0 Å². The number of nitrogens with zero attached hydrogens (tertiary/aromatic N) is 2. The summed E-state index contributed by atoms with van der Waals surface area (Å²) in [6, 6.07) is 16.1. The van der Waals surface area contributed by atoms with Gasteiger partial charge in [-0.1, -0.05) is 30.3 Å². The third-order valence-corrected chi connectivity index (χ3v) is 4.91. The zero-order valence-corrected chi connectivity index (χ0v) is 15.2. The maximum absolute atomic E-state index is 13.2. The molecule has 6 heteroatoms. The average Bonchev–Trinajstić information content (AvgIpc) is 3.12. The van der Waals surface area contributed by atoms with Gasteiger partial charge < -0.3 is 10.6 Å². The molecular formula is C21H24FN3O2. The van der Waals surface area contributed by atoms with Crippen molar-refractivity contribution in [1.82, 2.24) is 4.90 Å². The van der Waals surface area contributed by atoms with Crippen LogP contribution in [0, 0.1) is 5.82 Å². The molecule has 0 aromatic heterocycles. The topological polar surface area (TPSA) is 66.6 Å². The first-order valence-electron chi connectivity index (χ1n) is 9.18. The van der Waals surface area contributed by atoms with Crippen LogP contribution in [0.15, 0.2) is 54.6 Å². The van der Waals surface area contributed by atoms with Crippen LogP contribution >= 0.6 is 0 Å². The number of nitrogens with two attached hydrogens (primary N) is 1. The Kier molecular flexibility index (Phi) is 6.19. The van der Waals surface area contributed by atoms with Crippen molar-refractivity contribution in [2.24, 2.45) is 5.73 Å². The normalized spacial score (nSPS) is 17.0. The molecule has 2 aromatic carbocycles. The summed E-state index contributed by atoms with van der Waals surface area (Å²) < 4.78 is 13.2. The molecule has 5 nitrogen and oxygen atoms in total. The largest absolute Gasteiger partial charge is 0.370 e. The maximum Gasteiger partial charge on any atom is 0.241 e. The zero-order chi connectivity index (χ0) is 19.2. The first-order valence-corrected chi connectivity index (χ1v) is 9.18.